The maximum atomic E-state index is 4.62. The highest BCUT2D eigenvalue weighted by Crippen LogP contribution is 2.30. The van der Waals surface area contributed by atoms with Crippen LogP contribution in [-0.2, 0) is 6.54 Å². The van der Waals surface area contributed by atoms with Crippen molar-refractivity contribution in [2.24, 2.45) is 5.92 Å². The molecule has 0 saturated heterocycles. The van der Waals surface area contributed by atoms with E-state index in [2.05, 4.69) is 34.9 Å². The van der Waals surface area contributed by atoms with Crippen LogP contribution in [0.3, 0.4) is 0 Å². The summed E-state index contributed by atoms with van der Waals surface area (Å²) in [5.41, 5.74) is 0. The highest BCUT2D eigenvalue weighted by Gasteiger charge is 2.19. The van der Waals surface area contributed by atoms with Crippen LogP contribution < -0.4 is 5.32 Å². The first-order chi connectivity index (χ1) is 9.85. The van der Waals surface area contributed by atoms with E-state index in [0.717, 1.165) is 19.0 Å². The van der Waals surface area contributed by atoms with Crippen molar-refractivity contribution in [1.82, 2.24) is 14.9 Å². The minimum atomic E-state index is 0.434. The maximum Gasteiger partial charge on any atom is 0.125 e. The molecule has 1 aromatic rings. The van der Waals surface area contributed by atoms with Gasteiger partial charge in [-0.05, 0) is 31.7 Å². The Bertz CT molecular complexity index is 366. The second-order valence-electron chi connectivity index (χ2n) is 6.17. The molecular formula is C17H31N3. The Balaban J connectivity index is 1.93. The lowest BCUT2D eigenvalue weighted by atomic mass is 9.85. The van der Waals surface area contributed by atoms with E-state index in [1.165, 1.54) is 57.2 Å². The fourth-order valence-electron chi connectivity index (χ4n) is 3.51. The van der Waals surface area contributed by atoms with Crippen LogP contribution in [0.2, 0.25) is 0 Å². The van der Waals surface area contributed by atoms with Crippen LogP contribution in [-0.4, -0.2) is 16.1 Å². The van der Waals surface area contributed by atoms with Gasteiger partial charge < -0.3 is 9.88 Å². The molecule has 1 aliphatic carbocycles. The van der Waals surface area contributed by atoms with Crippen molar-refractivity contribution in [3.63, 3.8) is 0 Å². The fourth-order valence-corrected chi connectivity index (χ4v) is 3.51. The largest absolute Gasteiger partial charge is 0.334 e. The van der Waals surface area contributed by atoms with E-state index in [4.69, 9.17) is 0 Å². The highest BCUT2D eigenvalue weighted by atomic mass is 15.1. The zero-order valence-corrected chi connectivity index (χ0v) is 13.3. The van der Waals surface area contributed by atoms with Crippen molar-refractivity contribution in [1.29, 1.82) is 0 Å². The Labute approximate surface area is 124 Å². The summed E-state index contributed by atoms with van der Waals surface area (Å²) >= 11 is 0. The standard InChI is InChI=1S/C17H31N3/c1-3-13-20-14-12-19-17(20)16(18-4-2)11-10-15-8-6-5-7-9-15/h12,14-16,18H,3-11,13H2,1-2H3. The topological polar surface area (TPSA) is 29.9 Å². The first-order valence-electron chi connectivity index (χ1n) is 8.59. The van der Waals surface area contributed by atoms with Gasteiger partial charge in [0.05, 0.1) is 6.04 Å². The van der Waals surface area contributed by atoms with E-state index in [1.54, 1.807) is 0 Å². The Kier molecular flexibility index (Phi) is 6.58. The average Bonchev–Trinajstić information content (AvgIpc) is 2.93. The van der Waals surface area contributed by atoms with E-state index < -0.39 is 0 Å². The number of nitrogens with one attached hydrogen (secondary N) is 1. The minimum absolute atomic E-state index is 0.434. The SMILES string of the molecule is CCCn1ccnc1C(CCC1CCCCC1)NCC. The lowest BCUT2D eigenvalue weighted by Crippen LogP contribution is -2.25. The maximum absolute atomic E-state index is 4.62. The molecule has 3 heteroatoms. The van der Waals surface area contributed by atoms with Gasteiger partial charge in [-0.2, -0.15) is 0 Å². The van der Waals surface area contributed by atoms with Crippen molar-refractivity contribution < 1.29 is 0 Å². The van der Waals surface area contributed by atoms with Crippen molar-refractivity contribution in [3.8, 4) is 0 Å². The monoisotopic (exact) mass is 277 g/mol. The predicted molar refractivity (Wildman–Crippen MR) is 84.7 cm³/mol. The number of hydrogen-bond donors (Lipinski definition) is 1. The molecule has 1 atom stereocenters. The van der Waals surface area contributed by atoms with Gasteiger partial charge in [0, 0.05) is 18.9 Å². The summed E-state index contributed by atoms with van der Waals surface area (Å²) < 4.78 is 2.33. The van der Waals surface area contributed by atoms with Gasteiger partial charge in [0.2, 0.25) is 0 Å². The first kappa shape index (κ1) is 15.6. The van der Waals surface area contributed by atoms with E-state index in [9.17, 15) is 0 Å². The molecule has 0 amide bonds. The van der Waals surface area contributed by atoms with Crippen molar-refractivity contribution >= 4 is 0 Å². The Morgan fingerprint density at radius 2 is 2.10 bits per heavy atom. The second kappa shape index (κ2) is 8.46. The Morgan fingerprint density at radius 3 is 2.80 bits per heavy atom. The molecule has 0 aliphatic heterocycles. The summed E-state index contributed by atoms with van der Waals surface area (Å²) in [5.74, 6) is 2.20. The molecule has 1 N–H and O–H groups in total. The zero-order valence-electron chi connectivity index (χ0n) is 13.3. The summed E-state index contributed by atoms with van der Waals surface area (Å²) in [4.78, 5) is 4.62. The number of nitrogens with zero attached hydrogens (tertiary/aromatic N) is 2. The molecule has 0 aromatic carbocycles. The van der Waals surface area contributed by atoms with Gasteiger partial charge in [0.25, 0.3) is 0 Å². The summed E-state index contributed by atoms with van der Waals surface area (Å²) in [5, 5.41) is 3.64. The number of hydrogen-bond acceptors (Lipinski definition) is 2. The molecule has 2 rings (SSSR count). The molecule has 0 radical (unpaired) electrons. The van der Waals surface area contributed by atoms with Gasteiger partial charge in [0.1, 0.15) is 5.82 Å². The van der Waals surface area contributed by atoms with Gasteiger partial charge in [-0.3, -0.25) is 0 Å². The summed E-state index contributed by atoms with van der Waals surface area (Å²) in [6.07, 6.45) is 15.1. The summed E-state index contributed by atoms with van der Waals surface area (Å²) in [7, 11) is 0. The number of imidazole rings is 1. The Hall–Kier alpha value is -0.830. The van der Waals surface area contributed by atoms with Gasteiger partial charge in [-0.15, -0.1) is 0 Å². The van der Waals surface area contributed by atoms with Gasteiger partial charge in [-0.25, -0.2) is 4.98 Å². The molecule has 1 aliphatic rings. The smallest absolute Gasteiger partial charge is 0.125 e. The van der Waals surface area contributed by atoms with Crippen LogP contribution in [0.5, 0.6) is 0 Å². The molecule has 0 bridgehead atoms. The third-order valence-corrected chi connectivity index (χ3v) is 4.56. The predicted octanol–water partition coefficient (Wildman–Crippen LogP) is 4.30. The van der Waals surface area contributed by atoms with Crippen LogP contribution in [0.4, 0.5) is 0 Å². The van der Waals surface area contributed by atoms with E-state index >= 15 is 0 Å². The van der Waals surface area contributed by atoms with Crippen molar-refractivity contribution in [2.75, 3.05) is 6.54 Å². The molecule has 1 heterocycles. The van der Waals surface area contributed by atoms with Crippen LogP contribution >= 0.6 is 0 Å². The Morgan fingerprint density at radius 1 is 1.30 bits per heavy atom. The molecule has 1 unspecified atom stereocenters. The highest BCUT2D eigenvalue weighted by molar-refractivity contribution is 4.99. The summed E-state index contributed by atoms with van der Waals surface area (Å²) in [6, 6.07) is 0.434. The van der Waals surface area contributed by atoms with E-state index in [-0.39, 0.29) is 0 Å². The van der Waals surface area contributed by atoms with Crippen molar-refractivity contribution in [3.05, 3.63) is 18.2 Å². The van der Waals surface area contributed by atoms with Gasteiger partial charge in [0.15, 0.2) is 0 Å². The quantitative estimate of drug-likeness (QED) is 0.767. The average molecular weight is 277 g/mol. The molecular weight excluding hydrogens is 246 g/mol. The van der Waals surface area contributed by atoms with E-state index in [1.807, 2.05) is 6.20 Å². The third-order valence-electron chi connectivity index (χ3n) is 4.56. The second-order valence-corrected chi connectivity index (χ2v) is 6.17. The number of aromatic nitrogens is 2. The molecule has 1 fully saturated rings. The van der Waals surface area contributed by atoms with Crippen LogP contribution in [0.25, 0.3) is 0 Å². The third kappa shape index (κ3) is 4.34. The molecule has 1 aromatic heterocycles. The zero-order chi connectivity index (χ0) is 14.2. The van der Waals surface area contributed by atoms with Gasteiger partial charge >= 0.3 is 0 Å². The van der Waals surface area contributed by atoms with Crippen LogP contribution in [0, 0.1) is 5.92 Å². The molecule has 114 valence electrons. The van der Waals surface area contributed by atoms with E-state index in [0.29, 0.717) is 6.04 Å². The normalized spacial score (nSPS) is 18.3. The van der Waals surface area contributed by atoms with Crippen LogP contribution in [0.15, 0.2) is 12.4 Å². The number of aryl methyl sites for hydroxylation is 1. The van der Waals surface area contributed by atoms with Crippen LogP contribution in [0.1, 0.15) is 77.1 Å². The molecule has 1 saturated carbocycles. The molecule has 3 nitrogen and oxygen atoms in total. The fraction of sp³-hybridized carbons (Fsp3) is 0.824. The molecule has 0 spiro atoms. The number of rotatable bonds is 8. The molecule has 20 heavy (non-hydrogen) atoms. The lowest BCUT2D eigenvalue weighted by Gasteiger charge is -2.25. The van der Waals surface area contributed by atoms with Crippen molar-refractivity contribution in [2.45, 2.75) is 77.8 Å². The summed E-state index contributed by atoms with van der Waals surface area (Å²) in [6.45, 7) is 6.53. The lowest BCUT2D eigenvalue weighted by molar-refractivity contribution is 0.310. The van der Waals surface area contributed by atoms with Gasteiger partial charge in [-0.1, -0.05) is 46.0 Å². The first-order valence-corrected chi connectivity index (χ1v) is 8.59. The minimum Gasteiger partial charge on any atom is -0.334 e.